The van der Waals surface area contributed by atoms with Crippen LogP contribution in [0.1, 0.15) is 25.3 Å². The molecule has 0 aliphatic rings. The van der Waals surface area contributed by atoms with Crippen LogP contribution < -0.4 is 0 Å². The lowest BCUT2D eigenvalue weighted by atomic mass is 10.1. The molecule has 0 fully saturated rings. The molecule has 1 atom stereocenters. The van der Waals surface area contributed by atoms with Gasteiger partial charge in [-0.2, -0.15) is 4.37 Å². The van der Waals surface area contributed by atoms with Gasteiger partial charge in [-0.05, 0) is 40.8 Å². The monoisotopic (exact) mass is 250 g/mol. The van der Waals surface area contributed by atoms with Crippen molar-refractivity contribution in [1.82, 2.24) is 9.36 Å². The smallest absolute Gasteiger partial charge is 0.209 e. The molecule has 0 bridgehead atoms. The summed E-state index contributed by atoms with van der Waals surface area (Å²) in [6.45, 7) is 4.08. The van der Waals surface area contributed by atoms with Gasteiger partial charge in [0.05, 0.1) is 0 Å². The molecule has 68 valence electrons. The fourth-order valence-corrected chi connectivity index (χ4v) is 2.07. The molecular formula is C7H11BrN2OS. The summed E-state index contributed by atoms with van der Waals surface area (Å²) in [6, 6.07) is 0. The Morgan fingerprint density at radius 3 is 2.67 bits per heavy atom. The average molecular weight is 251 g/mol. The van der Waals surface area contributed by atoms with E-state index in [1.807, 2.05) is 6.92 Å². The van der Waals surface area contributed by atoms with E-state index in [1.165, 1.54) is 11.5 Å². The largest absolute Gasteiger partial charge is 0.371 e. The minimum absolute atomic E-state index is 0.288. The van der Waals surface area contributed by atoms with Crippen LogP contribution in [0.4, 0.5) is 0 Å². The van der Waals surface area contributed by atoms with Gasteiger partial charge in [-0.3, -0.25) is 0 Å². The van der Waals surface area contributed by atoms with Crippen LogP contribution >= 0.6 is 27.5 Å². The molecule has 0 radical (unpaired) electrons. The van der Waals surface area contributed by atoms with Crippen molar-refractivity contribution in [1.29, 1.82) is 0 Å². The number of halogens is 1. The van der Waals surface area contributed by atoms with E-state index in [9.17, 15) is 0 Å². The highest BCUT2D eigenvalue weighted by molar-refractivity contribution is 9.10. The molecule has 1 rings (SSSR count). The Morgan fingerprint density at radius 2 is 2.33 bits per heavy atom. The molecule has 0 amide bonds. The molecule has 0 saturated carbocycles. The number of ether oxygens (including phenoxy) is 1. The molecule has 1 aromatic rings. The number of rotatable bonds is 3. The predicted molar refractivity (Wildman–Crippen MR) is 52.3 cm³/mol. The van der Waals surface area contributed by atoms with Crippen LogP contribution in [0, 0.1) is 0 Å². The molecule has 0 saturated heterocycles. The standard InChI is InChI=1S/C7H11BrN2OS/c1-4-7(2,11-3)5-9-6(8)10-12-5/h4H2,1-3H3. The lowest BCUT2D eigenvalue weighted by Gasteiger charge is -2.22. The van der Waals surface area contributed by atoms with Crippen LogP contribution in [0.2, 0.25) is 0 Å². The molecule has 1 heterocycles. The van der Waals surface area contributed by atoms with Gasteiger partial charge in [-0.1, -0.05) is 6.92 Å². The Bertz CT molecular complexity index is 260. The van der Waals surface area contributed by atoms with E-state index < -0.39 is 0 Å². The second-order valence-corrected chi connectivity index (χ2v) is 4.12. The van der Waals surface area contributed by atoms with Crippen LogP contribution in [0.3, 0.4) is 0 Å². The van der Waals surface area contributed by atoms with Crippen molar-refractivity contribution in [3.05, 3.63) is 9.74 Å². The van der Waals surface area contributed by atoms with Crippen molar-refractivity contribution in [2.24, 2.45) is 0 Å². The number of hydrogen-bond donors (Lipinski definition) is 0. The highest BCUT2D eigenvalue weighted by atomic mass is 79.9. The van der Waals surface area contributed by atoms with Gasteiger partial charge in [-0.15, -0.1) is 0 Å². The Hall–Kier alpha value is -0.0000000000000000278. The van der Waals surface area contributed by atoms with E-state index in [0.717, 1.165) is 11.4 Å². The van der Waals surface area contributed by atoms with E-state index in [-0.39, 0.29) is 5.60 Å². The second-order valence-electron chi connectivity index (χ2n) is 2.66. The van der Waals surface area contributed by atoms with E-state index in [0.29, 0.717) is 4.73 Å². The quantitative estimate of drug-likeness (QED) is 0.828. The SMILES string of the molecule is CCC(C)(OC)c1nc(Br)ns1. The summed E-state index contributed by atoms with van der Waals surface area (Å²) in [5.74, 6) is 0. The van der Waals surface area contributed by atoms with Crippen molar-refractivity contribution in [2.45, 2.75) is 25.9 Å². The highest BCUT2D eigenvalue weighted by Crippen LogP contribution is 2.30. The molecule has 3 nitrogen and oxygen atoms in total. The van der Waals surface area contributed by atoms with Crippen LogP contribution in [-0.2, 0) is 10.3 Å². The van der Waals surface area contributed by atoms with E-state index in [4.69, 9.17) is 4.74 Å². The third kappa shape index (κ3) is 1.84. The van der Waals surface area contributed by atoms with Gasteiger partial charge >= 0.3 is 0 Å². The summed E-state index contributed by atoms with van der Waals surface area (Å²) in [5, 5.41) is 0.916. The fraction of sp³-hybridized carbons (Fsp3) is 0.714. The average Bonchev–Trinajstić information content (AvgIpc) is 2.51. The van der Waals surface area contributed by atoms with Crippen molar-refractivity contribution < 1.29 is 4.74 Å². The van der Waals surface area contributed by atoms with Crippen molar-refractivity contribution >= 4 is 27.5 Å². The first-order valence-corrected chi connectivity index (χ1v) is 5.24. The number of methoxy groups -OCH3 is 1. The summed E-state index contributed by atoms with van der Waals surface area (Å²) in [7, 11) is 1.69. The summed E-state index contributed by atoms with van der Waals surface area (Å²) < 4.78 is 10.1. The maximum atomic E-state index is 5.37. The highest BCUT2D eigenvalue weighted by Gasteiger charge is 2.27. The Labute approximate surface area is 84.5 Å². The second kappa shape index (κ2) is 3.81. The van der Waals surface area contributed by atoms with Crippen LogP contribution in [-0.4, -0.2) is 16.5 Å². The molecule has 0 spiro atoms. The summed E-state index contributed by atoms with van der Waals surface area (Å²) >= 11 is 4.59. The summed E-state index contributed by atoms with van der Waals surface area (Å²) in [5.41, 5.74) is -0.288. The number of nitrogens with zero attached hydrogens (tertiary/aromatic N) is 2. The molecule has 0 aliphatic heterocycles. The molecule has 0 N–H and O–H groups in total. The first-order valence-electron chi connectivity index (χ1n) is 3.67. The third-order valence-corrected chi connectivity index (χ3v) is 3.53. The lowest BCUT2D eigenvalue weighted by Crippen LogP contribution is -2.22. The lowest BCUT2D eigenvalue weighted by molar-refractivity contribution is -0.00164. The van der Waals surface area contributed by atoms with Crippen LogP contribution in [0.5, 0.6) is 0 Å². The zero-order chi connectivity index (χ0) is 9.19. The fourth-order valence-electron chi connectivity index (χ4n) is 0.803. The van der Waals surface area contributed by atoms with E-state index in [2.05, 4.69) is 32.2 Å². The van der Waals surface area contributed by atoms with E-state index in [1.54, 1.807) is 7.11 Å². The molecule has 1 unspecified atom stereocenters. The topological polar surface area (TPSA) is 35.0 Å². The summed E-state index contributed by atoms with van der Waals surface area (Å²) in [6.07, 6.45) is 0.894. The van der Waals surface area contributed by atoms with Gasteiger partial charge < -0.3 is 4.74 Å². The van der Waals surface area contributed by atoms with Crippen LogP contribution in [0.25, 0.3) is 0 Å². The van der Waals surface area contributed by atoms with Crippen molar-refractivity contribution in [3.63, 3.8) is 0 Å². The maximum absolute atomic E-state index is 5.37. The van der Waals surface area contributed by atoms with Crippen LogP contribution in [0.15, 0.2) is 4.73 Å². The molecular weight excluding hydrogens is 240 g/mol. The van der Waals surface area contributed by atoms with Gasteiger partial charge in [0.1, 0.15) is 10.6 Å². The molecule has 1 aromatic heterocycles. The number of hydrogen-bond acceptors (Lipinski definition) is 4. The van der Waals surface area contributed by atoms with Gasteiger partial charge in [0.25, 0.3) is 0 Å². The van der Waals surface area contributed by atoms with Crippen molar-refractivity contribution in [3.8, 4) is 0 Å². The first-order chi connectivity index (χ1) is 5.62. The zero-order valence-electron chi connectivity index (χ0n) is 7.30. The normalized spacial score (nSPS) is 16.0. The molecule has 0 aliphatic carbocycles. The van der Waals surface area contributed by atoms with Gasteiger partial charge in [0.15, 0.2) is 0 Å². The van der Waals surface area contributed by atoms with Gasteiger partial charge in [0.2, 0.25) is 4.73 Å². The Morgan fingerprint density at radius 1 is 1.67 bits per heavy atom. The first kappa shape index (κ1) is 10.1. The van der Waals surface area contributed by atoms with Gasteiger partial charge in [0, 0.05) is 7.11 Å². The Kier molecular flexibility index (Phi) is 3.20. The Balaban J connectivity index is 2.94. The molecule has 12 heavy (non-hydrogen) atoms. The minimum Gasteiger partial charge on any atom is -0.371 e. The summed E-state index contributed by atoms with van der Waals surface area (Å²) in [4.78, 5) is 4.22. The third-order valence-electron chi connectivity index (χ3n) is 1.98. The maximum Gasteiger partial charge on any atom is 0.209 e. The zero-order valence-corrected chi connectivity index (χ0v) is 9.70. The number of aromatic nitrogens is 2. The molecule has 0 aromatic carbocycles. The van der Waals surface area contributed by atoms with E-state index >= 15 is 0 Å². The van der Waals surface area contributed by atoms with Gasteiger partial charge in [-0.25, -0.2) is 4.98 Å². The predicted octanol–water partition coefficient (Wildman–Crippen LogP) is 2.57. The minimum atomic E-state index is -0.288. The van der Waals surface area contributed by atoms with Crippen molar-refractivity contribution in [2.75, 3.05) is 7.11 Å². The molecule has 5 heteroatoms.